The molecule has 2 aromatic rings. The molecule has 1 aromatic carbocycles. The highest BCUT2D eigenvalue weighted by atomic mass is 35.5. The van der Waals surface area contributed by atoms with Crippen molar-refractivity contribution in [1.82, 2.24) is 20.3 Å². The molecule has 3 heterocycles. The number of nitrogens with one attached hydrogen (secondary N) is 1. The molecule has 0 amide bonds. The van der Waals surface area contributed by atoms with Gasteiger partial charge in [0.2, 0.25) is 0 Å². The molecule has 186 valence electrons. The number of H-pyrrole nitrogens is 1. The summed E-state index contributed by atoms with van der Waals surface area (Å²) in [6.45, 7) is 2.38. The van der Waals surface area contributed by atoms with Crippen molar-refractivity contribution >= 4 is 28.2 Å². The Morgan fingerprint density at radius 1 is 1.11 bits per heavy atom. The second-order valence-electron chi connectivity index (χ2n) is 12.0. The first-order chi connectivity index (χ1) is 16.6. The number of hydrogen-bond acceptors (Lipinski definition) is 6. The normalized spacial score (nSPS) is 46.3. The van der Waals surface area contributed by atoms with E-state index < -0.39 is 28.3 Å². The summed E-state index contributed by atoms with van der Waals surface area (Å²) in [6.07, 6.45) is 7.68. The third kappa shape index (κ3) is 2.66. The Labute approximate surface area is 210 Å². The van der Waals surface area contributed by atoms with E-state index in [1.165, 1.54) is 11.1 Å². The highest BCUT2D eigenvalue weighted by Crippen LogP contribution is 2.71. The molecule has 7 rings (SSSR count). The van der Waals surface area contributed by atoms with Gasteiger partial charge in [-0.05, 0) is 86.9 Å². The standard InChI is InChI=1S/C27H33ClN4O3/c1-24-8-10-26(28)13-17-22(33)23(34)20(32(2)3)14-25(17)9-11-27(26,35-25)21(24)7-5-16(24)15-4-6-18-19(12-15)30-31-29-18/h4-6,12-13,20-23,33-34H,7-11,14H2,1-3H3,(H,29,30,31)/t20-,21?,22+,23+,24+,25+,26?,27-/m0/s1. The molecular weight excluding hydrogens is 464 g/mol. The lowest BCUT2D eigenvalue weighted by molar-refractivity contribution is -0.199. The van der Waals surface area contributed by atoms with Gasteiger partial charge in [-0.25, -0.2) is 0 Å². The first-order valence-electron chi connectivity index (χ1n) is 12.8. The molecule has 8 atom stereocenters. The Morgan fingerprint density at radius 3 is 2.71 bits per heavy atom. The number of fused-ring (bicyclic) bond motifs is 2. The number of aliphatic hydroxyl groups is 2. The monoisotopic (exact) mass is 496 g/mol. The van der Waals surface area contributed by atoms with Crippen LogP contribution in [0, 0.1) is 11.3 Å². The fourth-order valence-electron chi connectivity index (χ4n) is 8.44. The lowest BCUT2D eigenvalue weighted by atomic mass is 9.54. The molecule has 0 radical (unpaired) electrons. The molecule has 3 fully saturated rings. The van der Waals surface area contributed by atoms with Crippen LogP contribution in [0.3, 0.4) is 0 Å². The van der Waals surface area contributed by atoms with Crippen molar-refractivity contribution in [3.05, 3.63) is 41.5 Å². The first kappa shape index (κ1) is 22.4. The van der Waals surface area contributed by atoms with Crippen LogP contribution in [0.15, 0.2) is 35.9 Å². The van der Waals surface area contributed by atoms with Gasteiger partial charge in [0.25, 0.3) is 0 Å². The minimum Gasteiger partial charge on any atom is -0.388 e. The number of halogens is 1. The van der Waals surface area contributed by atoms with Crippen molar-refractivity contribution in [2.45, 2.75) is 79.8 Å². The molecule has 3 aliphatic carbocycles. The summed E-state index contributed by atoms with van der Waals surface area (Å²) in [7, 11) is 3.92. The van der Waals surface area contributed by atoms with Crippen LogP contribution >= 0.6 is 11.6 Å². The molecule has 5 aliphatic rings. The predicted molar refractivity (Wildman–Crippen MR) is 134 cm³/mol. The molecule has 2 spiro atoms. The lowest BCUT2D eigenvalue weighted by Gasteiger charge is -2.61. The van der Waals surface area contributed by atoms with Gasteiger partial charge in [0.1, 0.15) is 17.1 Å². The van der Waals surface area contributed by atoms with E-state index in [0.29, 0.717) is 6.42 Å². The number of likely N-dealkylation sites (N-methyl/N-ethyl adjacent to an activating group) is 1. The van der Waals surface area contributed by atoms with E-state index in [9.17, 15) is 10.2 Å². The van der Waals surface area contributed by atoms with Gasteiger partial charge in [-0.1, -0.05) is 25.1 Å². The van der Waals surface area contributed by atoms with Crippen LogP contribution in [0.1, 0.15) is 51.0 Å². The summed E-state index contributed by atoms with van der Waals surface area (Å²) < 4.78 is 7.25. The number of rotatable bonds is 2. The fraction of sp³-hybridized carbons (Fsp3) is 0.630. The number of hydrogen-bond donors (Lipinski definition) is 3. The summed E-state index contributed by atoms with van der Waals surface area (Å²) in [6, 6.07) is 6.16. The van der Waals surface area contributed by atoms with Gasteiger partial charge < -0.3 is 19.8 Å². The SMILES string of the molecule is CN(C)[C@H]1C[C@@]23CC[C@]4(O2)C2CC=C(c5ccc6n[nH]nc6c5)[C@@]2(C)CCC4(Cl)C=C3[C@@H](O)[C@@H]1O. The van der Waals surface area contributed by atoms with E-state index in [-0.39, 0.29) is 17.4 Å². The number of alkyl halides is 1. The number of aromatic amines is 1. The lowest BCUT2D eigenvalue weighted by Crippen LogP contribution is -2.68. The van der Waals surface area contributed by atoms with Gasteiger partial charge in [0.15, 0.2) is 0 Å². The zero-order valence-electron chi connectivity index (χ0n) is 20.5. The second kappa shape index (κ2) is 6.95. The van der Waals surface area contributed by atoms with Crippen molar-refractivity contribution in [3.63, 3.8) is 0 Å². The van der Waals surface area contributed by atoms with Gasteiger partial charge >= 0.3 is 0 Å². The minimum atomic E-state index is -0.956. The molecule has 2 saturated carbocycles. The van der Waals surface area contributed by atoms with Gasteiger partial charge in [0, 0.05) is 12.0 Å². The van der Waals surface area contributed by atoms with Crippen molar-refractivity contribution in [3.8, 4) is 0 Å². The summed E-state index contributed by atoms with van der Waals surface area (Å²) in [5, 5.41) is 33.3. The number of nitrogens with zero attached hydrogens (tertiary/aromatic N) is 3. The Morgan fingerprint density at radius 2 is 1.91 bits per heavy atom. The van der Waals surface area contributed by atoms with Gasteiger partial charge in [-0.15, -0.1) is 11.6 Å². The molecule has 1 aromatic heterocycles. The molecule has 2 aliphatic heterocycles. The maximum absolute atomic E-state index is 11.2. The van der Waals surface area contributed by atoms with Crippen LogP contribution in [0.2, 0.25) is 0 Å². The van der Waals surface area contributed by atoms with Crippen molar-refractivity contribution < 1.29 is 14.9 Å². The number of benzene rings is 1. The fourth-order valence-corrected chi connectivity index (χ4v) is 8.91. The van der Waals surface area contributed by atoms with E-state index in [1.54, 1.807) is 0 Å². The Bertz CT molecular complexity index is 1290. The van der Waals surface area contributed by atoms with Crippen molar-refractivity contribution in [2.24, 2.45) is 11.3 Å². The molecule has 2 unspecified atom stereocenters. The maximum atomic E-state index is 11.2. The third-order valence-electron chi connectivity index (χ3n) is 10.3. The van der Waals surface area contributed by atoms with E-state index in [2.05, 4.69) is 46.6 Å². The molecule has 35 heavy (non-hydrogen) atoms. The Balaban J connectivity index is 1.31. The Hall–Kier alpha value is -1.77. The zero-order chi connectivity index (χ0) is 24.4. The quantitative estimate of drug-likeness (QED) is 0.435. The maximum Gasteiger partial charge on any atom is 0.113 e. The highest BCUT2D eigenvalue weighted by molar-refractivity contribution is 6.26. The van der Waals surface area contributed by atoms with E-state index >= 15 is 0 Å². The topological polar surface area (TPSA) is 94.5 Å². The summed E-state index contributed by atoms with van der Waals surface area (Å²) in [5.74, 6) is 0.239. The third-order valence-corrected chi connectivity index (χ3v) is 10.9. The number of aliphatic hydroxyl groups excluding tert-OH is 2. The average molecular weight is 497 g/mol. The smallest absolute Gasteiger partial charge is 0.113 e. The van der Waals surface area contributed by atoms with Gasteiger partial charge in [-0.3, -0.25) is 0 Å². The number of ether oxygens (including phenoxy) is 1. The number of aromatic nitrogens is 3. The molecule has 3 N–H and O–H groups in total. The minimum absolute atomic E-state index is 0.0690. The van der Waals surface area contributed by atoms with Crippen molar-refractivity contribution in [1.29, 1.82) is 0 Å². The van der Waals surface area contributed by atoms with Crippen LogP contribution in [0.4, 0.5) is 0 Å². The van der Waals surface area contributed by atoms with Crippen LogP contribution < -0.4 is 0 Å². The zero-order valence-corrected chi connectivity index (χ0v) is 21.2. The molecule has 7 nitrogen and oxygen atoms in total. The van der Waals surface area contributed by atoms with E-state index in [0.717, 1.165) is 48.7 Å². The van der Waals surface area contributed by atoms with Crippen LogP contribution in [0.25, 0.3) is 16.6 Å². The van der Waals surface area contributed by atoms with Crippen molar-refractivity contribution in [2.75, 3.05) is 14.1 Å². The second-order valence-corrected chi connectivity index (χ2v) is 12.6. The van der Waals surface area contributed by atoms with Gasteiger partial charge in [0.05, 0.1) is 22.2 Å². The largest absolute Gasteiger partial charge is 0.388 e. The van der Waals surface area contributed by atoms with E-state index in [4.69, 9.17) is 16.3 Å². The molecule has 2 bridgehead atoms. The predicted octanol–water partition coefficient (Wildman–Crippen LogP) is 3.42. The Kier molecular flexibility index (Phi) is 4.46. The average Bonchev–Trinajstić information content (AvgIpc) is 3.52. The van der Waals surface area contributed by atoms with Crippen LogP contribution in [-0.2, 0) is 4.74 Å². The summed E-state index contributed by atoms with van der Waals surface area (Å²) in [4.78, 5) is 1.33. The van der Waals surface area contributed by atoms with Crippen LogP contribution in [-0.4, -0.2) is 78.9 Å². The molecule has 1 saturated heterocycles. The first-order valence-corrected chi connectivity index (χ1v) is 13.2. The molecular formula is C27H33ClN4O3. The summed E-state index contributed by atoms with van der Waals surface area (Å²) in [5.41, 5.74) is 3.96. The van der Waals surface area contributed by atoms with Crippen LogP contribution in [0.5, 0.6) is 0 Å². The van der Waals surface area contributed by atoms with Gasteiger partial charge in [-0.2, -0.15) is 15.4 Å². The highest BCUT2D eigenvalue weighted by Gasteiger charge is 2.73. The molecule has 8 heteroatoms. The summed E-state index contributed by atoms with van der Waals surface area (Å²) >= 11 is 7.52. The number of allylic oxidation sites excluding steroid dienone is 2. The van der Waals surface area contributed by atoms with E-state index in [1.807, 2.05) is 25.1 Å².